The Hall–Kier alpha value is -2.35. The van der Waals surface area contributed by atoms with Crippen molar-refractivity contribution in [3.8, 4) is 0 Å². The molecule has 0 saturated carbocycles. The Bertz CT molecular complexity index is 636. The molecular weight excluding hydrogens is 285 g/mol. The first-order valence-corrected chi connectivity index (χ1v) is 6.04. The molecule has 2 aromatic rings. The van der Waals surface area contributed by atoms with Gasteiger partial charge in [-0.15, -0.1) is 0 Å². The fourth-order valence-electron chi connectivity index (χ4n) is 1.79. The van der Waals surface area contributed by atoms with Gasteiger partial charge in [0.15, 0.2) is 0 Å². The van der Waals surface area contributed by atoms with Crippen molar-refractivity contribution < 1.29 is 18.0 Å². The minimum absolute atomic E-state index is 0.289. The third-order valence-corrected chi connectivity index (χ3v) is 2.89. The molecule has 2 heterocycles. The number of alkyl halides is 3. The maximum absolute atomic E-state index is 12.8. The summed E-state index contributed by atoms with van der Waals surface area (Å²) in [6, 6.07) is 4.41. The van der Waals surface area contributed by atoms with E-state index in [2.05, 4.69) is 15.8 Å². The number of hydrogen-bond acceptors (Lipinski definition) is 3. The molecule has 0 atom stereocenters. The zero-order valence-corrected chi connectivity index (χ0v) is 11.1. The minimum Gasteiger partial charge on any atom is -0.353 e. The van der Waals surface area contributed by atoms with E-state index < -0.39 is 23.2 Å². The van der Waals surface area contributed by atoms with Crippen molar-refractivity contribution in [1.29, 1.82) is 0 Å². The van der Waals surface area contributed by atoms with Crippen LogP contribution in [0.4, 0.5) is 13.2 Å². The molecule has 1 amide bonds. The summed E-state index contributed by atoms with van der Waals surface area (Å²) in [6.45, 7) is 0.289. The predicted molar refractivity (Wildman–Crippen MR) is 69.0 cm³/mol. The molecule has 0 unspecified atom stereocenters. The monoisotopic (exact) mass is 298 g/mol. The molecule has 112 valence electrons. The average molecular weight is 298 g/mol. The zero-order valence-electron chi connectivity index (χ0n) is 11.1. The van der Waals surface area contributed by atoms with Crippen molar-refractivity contribution in [2.45, 2.75) is 12.7 Å². The van der Waals surface area contributed by atoms with Crippen molar-refractivity contribution in [2.24, 2.45) is 7.05 Å². The molecule has 0 saturated heterocycles. The molecule has 0 aromatic carbocycles. The van der Waals surface area contributed by atoms with Gasteiger partial charge in [-0.3, -0.25) is 15.2 Å². The van der Waals surface area contributed by atoms with Crippen LogP contribution in [0.2, 0.25) is 0 Å². The van der Waals surface area contributed by atoms with Gasteiger partial charge >= 0.3 is 6.18 Å². The van der Waals surface area contributed by atoms with Gasteiger partial charge in [-0.2, -0.15) is 13.2 Å². The van der Waals surface area contributed by atoms with Gasteiger partial charge in [0.25, 0.3) is 5.91 Å². The number of pyridine rings is 1. The van der Waals surface area contributed by atoms with Crippen LogP contribution in [0, 0.1) is 0 Å². The second kappa shape index (κ2) is 5.96. The van der Waals surface area contributed by atoms with E-state index in [1.54, 1.807) is 0 Å². The summed E-state index contributed by atoms with van der Waals surface area (Å²) in [6.07, 6.45) is -0.894. The molecule has 0 radical (unpaired) electrons. The summed E-state index contributed by atoms with van der Waals surface area (Å²) < 4.78 is 40.2. The van der Waals surface area contributed by atoms with E-state index in [1.807, 2.05) is 29.9 Å². The SMILES string of the molecule is Cn1cccc1CNNC(=O)c1cnccc1C(F)(F)F. The number of halogens is 3. The Labute approximate surface area is 118 Å². The van der Waals surface area contributed by atoms with Gasteiger partial charge in [0.05, 0.1) is 17.7 Å². The van der Waals surface area contributed by atoms with Gasteiger partial charge in [0.2, 0.25) is 0 Å². The molecule has 8 heteroatoms. The van der Waals surface area contributed by atoms with E-state index in [0.717, 1.165) is 24.2 Å². The Morgan fingerprint density at radius 3 is 2.76 bits per heavy atom. The summed E-state index contributed by atoms with van der Waals surface area (Å²) in [5, 5.41) is 0. The number of rotatable bonds is 4. The van der Waals surface area contributed by atoms with Crippen LogP contribution < -0.4 is 10.9 Å². The first-order chi connectivity index (χ1) is 9.89. The molecular formula is C13H13F3N4O. The van der Waals surface area contributed by atoms with Gasteiger partial charge in [0, 0.05) is 31.3 Å². The lowest BCUT2D eigenvalue weighted by molar-refractivity contribution is -0.138. The molecule has 21 heavy (non-hydrogen) atoms. The Kier molecular flexibility index (Phi) is 4.27. The van der Waals surface area contributed by atoms with E-state index >= 15 is 0 Å². The summed E-state index contributed by atoms with van der Waals surface area (Å²) in [4.78, 5) is 15.4. The van der Waals surface area contributed by atoms with Crippen LogP contribution in [-0.2, 0) is 19.8 Å². The lowest BCUT2D eigenvalue weighted by Gasteiger charge is -2.12. The topological polar surface area (TPSA) is 59.0 Å². The molecule has 2 aromatic heterocycles. The quantitative estimate of drug-likeness (QED) is 0.847. The highest BCUT2D eigenvalue weighted by molar-refractivity contribution is 5.95. The minimum atomic E-state index is -4.60. The van der Waals surface area contributed by atoms with Crippen LogP contribution in [0.15, 0.2) is 36.8 Å². The second-order valence-corrected chi connectivity index (χ2v) is 4.34. The third kappa shape index (κ3) is 3.60. The number of aryl methyl sites for hydroxylation is 1. The van der Waals surface area contributed by atoms with Crippen LogP contribution in [-0.4, -0.2) is 15.5 Å². The van der Waals surface area contributed by atoms with Gasteiger partial charge in [-0.1, -0.05) is 0 Å². The van der Waals surface area contributed by atoms with E-state index in [1.165, 1.54) is 0 Å². The molecule has 0 aliphatic rings. The average Bonchev–Trinajstić information content (AvgIpc) is 2.83. The molecule has 0 fully saturated rings. The smallest absolute Gasteiger partial charge is 0.353 e. The van der Waals surface area contributed by atoms with Gasteiger partial charge in [0.1, 0.15) is 0 Å². The molecule has 0 aliphatic carbocycles. The molecule has 5 nitrogen and oxygen atoms in total. The summed E-state index contributed by atoms with van der Waals surface area (Å²) in [5.74, 6) is -0.885. The van der Waals surface area contributed by atoms with Gasteiger partial charge in [-0.25, -0.2) is 5.43 Å². The fourth-order valence-corrected chi connectivity index (χ4v) is 1.79. The molecule has 2 N–H and O–H groups in total. The fraction of sp³-hybridized carbons (Fsp3) is 0.231. The number of carbonyl (C=O) groups excluding carboxylic acids is 1. The number of hydrogen-bond donors (Lipinski definition) is 2. The maximum atomic E-state index is 12.8. The molecule has 2 rings (SSSR count). The summed E-state index contributed by atoms with van der Waals surface area (Å²) in [5.41, 5.74) is 4.16. The highest BCUT2D eigenvalue weighted by atomic mass is 19.4. The Morgan fingerprint density at radius 2 is 2.14 bits per heavy atom. The van der Waals surface area contributed by atoms with Crippen molar-refractivity contribution in [1.82, 2.24) is 20.4 Å². The molecule has 0 bridgehead atoms. The highest BCUT2D eigenvalue weighted by Crippen LogP contribution is 2.31. The van der Waals surface area contributed by atoms with Crippen molar-refractivity contribution in [3.05, 3.63) is 53.6 Å². The first-order valence-electron chi connectivity index (χ1n) is 6.04. The van der Waals surface area contributed by atoms with Gasteiger partial charge < -0.3 is 4.57 Å². The Balaban J connectivity index is 2.03. The summed E-state index contributed by atoms with van der Waals surface area (Å²) >= 11 is 0. The van der Waals surface area contributed by atoms with Crippen LogP contribution in [0.3, 0.4) is 0 Å². The number of amides is 1. The van der Waals surface area contributed by atoms with Crippen LogP contribution in [0.1, 0.15) is 21.6 Å². The van der Waals surface area contributed by atoms with E-state index in [4.69, 9.17) is 0 Å². The van der Waals surface area contributed by atoms with Gasteiger partial charge in [-0.05, 0) is 18.2 Å². The number of nitrogens with zero attached hydrogens (tertiary/aromatic N) is 2. The number of carbonyl (C=O) groups is 1. The standard InChI is InChI=1S/C13H13F3N4O/c1-20-6-2-3-9(20)7-18-19-12(21)10-8-17-5-4-11(10)13(14,15)16/h2-6,8,18H,7H2,1H3,(H,19,21). The number of hydrazine groups is 1. The maximum Gasteiger partial charge on any atom is 0.417 e. The lowest BCUT2D eigenvalue weighted by Crippen LogP contribution is -2.38. The predicted octanol–water partition coefficient (Wildman–Crippen LogP) is 1.87. The van der Waals surface area contributed by atoms with E-state index in [0.29, 0.717) is 0 Å². The van der Waals surface area contributed by atoms with Crippen LogP contribution in [0.5, 0.6) is 0 Å². The Morgan fingerprint density at radius 1 is 1.38 bits per heavy atom. The third-order valence-electron chi connectivity index (χ3n) is 2.89. The molecule has 0 aliphatic heterocycles. The second-order valence-electron chi connectivity index (χ2n) is 4.34. The van der Waals surface area contributed by atoms with Crippen LogP contribution in [0.25, 0.3) is 0 Å². The van der Waals surface area contributed by atoms with Crippen molar-refractivity contribution >= 4 is 5.91 Å². The summed E-state index contributed by atoms with van der Waals surface area (Å²) in [7, 11) is 1.82. The van der Waals surface area contributed by atoms with Crippen molar-refractivity contribution in [3.63, 3.8) is 0 Å². The molecule has 0 spiro atoms. The highest BCUT2D eigenvalue weighted by Gasteiger charge is 2.35. The largest absolute Gasteiger partial charge is 0.417 e. The first kappa shape index (κ1) is 15.0. The number of aromatic nitrogens is 2. The van der Waals surface area contributed by atoms with Crippen LogP contribution >= 0.6 is 0 Å². The lowest BCUT2D eigenvalue weighted by atomic mass is 10.1. The normalized spacial score (nSPS) is 11.4. The van der Waals surface area contributed by atoms with E-state index in [9.17, 15) is 18.0 Å². The van der Waals surface area contributed by atoms with E-state index in [-0.39, 0.29) is 6.54 Å². The number of nitrogens with one attached hydrogen (secondary N) is 2. The van der Waals surface area contributed by atoms with Crippen molar-refractivity contribution in [2.75, 3.05) is 0 Å². The zero-order chi connectivity index (χ0) is 15.5.